The fourth-order valence-electron chi connectivity index (χ4n) is 1.83. The van der Waals surface area contributed by atoms with Crippen LogP contribution in [0.15, 0.2) is 29.4 Å². The van der Waals surface area contributed by atoms with Crippen molar-refractivity contribution in [2.24, 2.45) is 4.99 Å². The fraction of sp³-hybridized carbons (Fsp3) is 0.375. The third kappa shape index (κ3) is 3.17. The van der Waals surface area contributed by atoms with Gasteiger partial charge >= 0.3 is 0 Å². The van der Waals surface area contributed by atoms with Crippen LogP contribution in [0.2, 0.25) is 0 Å². The van der Waals surface area contributed by atoms with E-state index in [2.05, 4.69) is 9.98 Å². The molecule has 0 aliphatic heterocycles. The summed E-state index contributed by atoms with van der Waals surface area (Å²) in [6.07, 6.45) is 2.26. The zero-order valence-electron chi connectivity index (χ0n) is 12.6. The van der Waals surface area contributed by atoms with Crippen molar-refractivity contribution in [1.82, 2.24) is 4.98 Å². The molecule has 1 aromatic carbocycles. The van der Waals surface area contributed by atoms with Gasteiger partial charge in [-0.25, -0.2) is 8.78 Å². The standard InChI is InChI=1S/C16H18F2N2O/c1-5-16(2,3)21-15(19-4)11-8-10-6-7-12(17)13(18)14(10)20-9-11/h6-9H,5H2,1-4H3. The molecule has 0 aliphatic carbocycles. The lowest BCUT2D eigenvalue weighted by molar-refractivity contribution is 0.0921. The molecule has 1 aromatic heterocycles. The molecule has 0 unspecified atom stereocenters. The van der Waals surface area contributed by atoms with Crippen molar-refractivity contribution in [2.45, 2.75) is 32.8 Å². The molecule has 3 nitrogen and oxygen atoms in total. The first-order valence-electron chi connectivity index (χ1n) is 6.78. The van der Waals surface area contributed by atoms with Crippen molar-refractivity contribution in [2.75, 3.05) is 7.05 Å². The van der Waals surface area contributed by atoms with Crippen LogP contribution in [0.1, 0.15) is 32.8 Å². The number of ether oxygens (including phenoxy) is 1. The Morgan fingerprint density at radius 2 is 2.05 bits per heavy atom. The maximum atomic E-state index is 13.6. The smallest absolute Gasteiger partial charge is 0.217 e. The van der Waals surface area contributed by atoms with Gasteiger partial charge in [0, 0.05) is 18.6 Å². The number of hydrogen-bond donors (Lipinski definition) is 0. The normalized spacial score (nSPS) is 12.8. The highest BCUT2D eigenvalue weighted by Crippen LogP contribution is 2.22. The van der Waals surface area contributed by atoms with E-state index >= 15 is 0 Å². The summed E-state index contributed by atoms with van der Waals surface area (Å²) in [6.45, 7) is 5.94. The van der Waals surface area contributed by atoms with Crippen molar-refractivity contribution in [3.8, 4) is 0 Å². The van der Waals surface area contributed by atoms with Crippen molar-refractivity contribution >= 4 is 16.8 Å². The molecule has 2 rings (SSSR count). The van der Waals surface area contributed by atoms with Crippen LogP contribution in [0.25, 0.3) is 10.9 Å². The van der Waals surface area contributed by atoms with Crippen LogP contribution < -0.4 is 0 Å². The van der Waals surface area contributed by atoms with E-state index < -0.39 is 11.6 Å². The van der Waals surface area contributed by atoms with Gasteiger partial charge in [0.15, 0.2) is 11.6 Å². The Labute approximate surface area is 122 Å². The van der Waals surface area contributed by atoms with Crippen molar-refractivity contribution in [3.63, 3.8) is 0 Å². The molecule has 1 heterocycles. The largest absolute Gasteiger partial charge is 0.471 e. The molecule has 112 valence electrons. The molecule has 0 aliphatic rings. The number of fused-ring (bicyclic) bond motifs is 1. The average molecular weight is 292 g/mol. The number of aliphatic imine (C=N–C) groups is 1. The first-order valence-corrected chi connectivity index (χ1v) is 6.78. The lowest BCUT2D eigenvalue weighted by Gasteiger charge is -2.25. The maximum absolute atomic E-state index is 13.6. The quantitative estimate of drug-likeness (QED) is 0.630. The number of halogens is 2. The number of benzene rings is 1. The van der Waals surface area contributed by atoms with Gasteiger partial charge in [0.2, 0.25) is 5.90 Å². The van der Waals surface area contributed by atoms with E-state index in [1.54, 1.807) is 13.1 Å². The van der Waals surface area contributed by atoms with Gasteiger partial charge in [0.05, 0.1) is 5.56 Å². The van der Waals surface area contributed by atoms with Gasteiger partial charge in [-0.15, -0.1) is 0 Å². The monoisotopic (exact) mass is 292 g/mol. The van der Waals surface area contributed by atoms with Crippen molar-refractivity contribution in [3.05, 3.63) is 41.6 Å². The summed E-state index contributed by atoms with van der Waals surface area (Å²) in [4.78, 5) is 8.12. The van der Waals surface area contributed by atoms with Gasteiger partial charge in [-0.1, -0.05) is 6.92 Å². The third-order valence-corrected chi connectivity index (χ3v) is 3.42. The second-order valence-electron chi connectivity index (χ2n) is 5.40. The summed E-state index contributed by atoms with van der Waals surface area (Å²) in [7, 11) is 1.62. The van der Waals surface area contributed by atoms with Crippen LogP contribution >= 0.6 is 0 Å². The molecule has 0 bridgehead atoms. The molecule has 0 N–H and O–H groups in total. The minimum atomic E-state index is -0.941. The molecule has 0 spiro atoms. The molecule has 0 saturated carbocycles. The third-order valence-electron chi connectivity index (χ3n) is 3.42. The Morgan fingerprint density at radius 1 is 1.33 bits per heavy atom. The first kappa shape index (κ1) is 15.4. The fourth-order valence-corrected chi connectivity index (χ4v) is 1.83. The van der Waals surface area contributed by atoms with Crippen LogP contribution in [0.4, 0.5) is 8.78 Å². The Kier molecular flexibility index (Phi) is 4.21. The number of hydrogen-bond acceptors (Lipinski definition) is 3. The summed E-state index contributed by atoms with van der Waals surface area (Å²) < 4.78 is 32.7. The summed E-state index contributed by atoms with van der Waals surface area (Å²) in [5.74, 6) is -1.42. The molecule has 0 radical (unpaired) electrons. The Balaban J connectivity index is 2.45. The van der Waals surface area contributed by atoms with Gasteiger partial charge in [-0.05, 0) is 38.5 Å². The van der Waals surface area contributed by atoms with E-state index in [1.165, 1.54) is 12.3 Å². The molecule has 0 fully saturated rings. The van der Waals surface area contributed by atoms with E-state index in [0.29, 0.717) is 16.8 Å². The average Bonchev–Trinajstić information content (AvgIpc) is 2.48. The van der Waals surface area contributed by atoms with Gasteiger partial charge in [-0.2, -0.15) is 0 Å². The number of rotatable bonds is 3. The molecular formula is C16H18F2N2O. The van der Waals surface area contributed by atoms with Crippen LogP contribution in [0.5, 0.6) is 0 Å². The van der Waals surface area contributed by atoms with E-state index in [1.807, 2.05) is 20.8 Å². The first-order chi connectivity index (χ1) is 9.88. The summed E-state index contributed by atoms with van der Waals surface area (Å²) in [6, 6.07) is 4.27. The van der Waals surface area contributed by atoms with Crippen LogP contribution in [-0.4, -0.2) is 23.5 Å². The van der Waals surface area contributed by atoms with Gasteiger partial charge in [-0.3, -0.25) is 9.98 Å². The van der Waals surface area contributed by atoms with E-state index in [9.17, 15) is 8.78 Å². The number of aromatic nitrogens is 1. The maximum Gasteiger partial charge on any atom is 0.217 e. The van der Waals surface area contributed by atoms with E-state index in [0.717, 1.165) is 12.5 Å². The van der Waals surface area contributed by atoms with Crippen molar-refractivity contribution in [1.29, 1.82) is 0 Å². The summed E-state index contributed by atoms with van der Waals surface area (Å²) >= 11 is 0. The minimum Gasteiger partial charge on any atom is -0.471 e. The molecule has 5 heteroatoms. The van der Waals surface area contributed by atoms with Gasteiger partial charge < -0.3 is 4.74 Å². The number of pyridine rings is 1. The van der Waals surface area contributed by atoms with E-state index in [4.69, 9.17) is 4.74 Å². The lowest BCUT2D eigenvalue weighted by atomic mass is 10.1. The Bertz CT molecular complexity index is 696. The topological polar surface area (TPSA) is 34.5 Å². The van der Waals surface area contributed by atoms with Gasteiger partial charge in [0.1, 0.15) is 11.1 Å². The summed E-state index contributed by atoms with van der Waals surface area (Å²) in [5, 5.41) is 0.505. The van der Waals surface area contributed by atoms with Crippen LogP contribution in [0, 0.1) is 11.6 Å². The van der Waals surface area contributed by atoms with Crippen LogP contribution in [-0.2, 0) is 4.74 Å². The second-order valence-corrected chi connectivity index (χ2v) is 5.40. The zero-order valence-corrected chi connectivity index (χ0v) is 12.6. The second kappa shape index (κ2) is 5.76. The highest BCUT2D eigenvalue weighted by atomic mass is 19.2. The van der Waals surface area contributed by atoms with E-state index in [-0.39, 0.29) is 11.1 Å². The Morgan fingerprint density at radius 3 is 2.67 bits per heavy atom. The van der Waals surface area contributed by atoms with Gasteiger partial charge in [0.25, 0.3) is 0 Å². The Hall–Kier alpha value is -2.04. The molecular weight excluding hydrogens is 274 g/mol. The molecule has 0 atom stereocenters. The highest BCUT2D eigenvalue weighted by molar-refractivity contribution is 5.97. The lowest BCUT2D eigenvalue weighted by Crippen LogP contribution is -2.27. The summed E-state index contributed by atoms with van der Waals surface area (Å²) in [5.41, 5.74) is 0.277. The predicted molar refractivity (Wildman–Crippen MR) is 79.6 cm³/mol. The molecule has 21 heavy (non-hydrogen) atoms. The molecule has 2 aromatic rings. The SMILES string of the molecule is CCC(C)(C)OC(=NC)c1cnc2c(F)c(F)ccc2c1. The number of nitrogens with zero attached hydrogens (tertiary/aromatic N) is 2. The van der Waals surface area contributed by atoms with Crippen LogP contribution in [0.3, 0.4) is 0 Å². The minimum absolute atomic E-state index is 0.00366. The van der Waals surface area contributed by atoms with Crippen molar-refractivity contribution < 1.29 is 13.5 Å². The zero-order chi connectivity index (χ0) is 15.6. The highest BCUT2D eigenvalue weighted by Gasteiger charge is 2.20. The molecule has 0 amide bonds. The predicted octanol–water partition coefficient (Wildman–Crippen LogP) is 4.09. The molecule has 0 saturated heterocycles.